The number of rotatable bonds is 5. The van der Waals surface area contributed by atoms with Crippen LogP contribution in [-0.4, -0.2) is 19.3 Å². The van der Waals surface area contributed by atoms with Gasteiger partial charge in [-0.1, -0.05) is 25.1 Å². The van der Waals surface area contributed by atoms with Gasteiger partial charge in [0.2, 0.25) is 0 Å². The van der Waals surface area contributed by atoms with Crippen molar-refractivity contribution in [1.82, 2.24) is 5.32 Å². The van der Waals surface area contributed by atoms with Gasteiger partial charge >= 0.3 is 0 Å². The maximum Gasteiger partial charge on any atom is 0.0725 e. The average Bonchev–Trinajstić information content (AvgIpc) is 3.08. The van der Waals surface area contributed by atoms with Crippen LogP contribution in [0.4, 0.5) is 0 Å². The Morgan fingerprint density at radius 1 is 1.32 bits per heavy atom. The van der Waals surface area contributed by atoms with Crippen LogP contribution in [0.1, 0.15) is 48.9 Å². The summed E-state index contributed by atoms with van der Waals surface area (Å²) in [7, 11) is 0. The summed E-state index contributed by atoms with van der Waals surface area (Å²) in [5.74, 6) is 0. The van der Waals surface area contributed by atoms with Crippen molar-refractivity contribution < 1.29 is 9.47 Å². The van der Waals surface area contributed by atoms with Crippen molar-refractivity contribution in [3.05, 3.63) is 34.9 Å². The fourth-order valence-electron chi connectivity index (χ4n) is 3.09. The van der Waals surface area contributed by atoms with E-state index in [1.165, 1.54) is 29.5 Å². The van der Waals surface area contributed by atoms with Gasteiger partial charge in [0.25, 0.3) is 0 Å². The molecule has 2 unspecified atom stereocenters. The Bertz CT molecular complexity index is 427. The van der Waals surface area contributed by atoms with Crippen LogP contribution in [0, 0.1) is 0 Å². The van der Waals surface area contributed by atoms with Crippen molar-refractivity contribution in [2.75, 3.05) is 13.2 Å². The molecule has 1 N–H and O–H groups in total. The molecule has 1 aromatic carbocycles. The molecule has 3 nitrogen and oxygen atoms in total. The van der Waals surface area contributed by atoms with Gasteiger partial charge < -0.3 is 14.8 Å². The summed E-state index contributed by atoms with van der Waals surface area (Å²) in [4.78, 5) is 0. The number of hydrogen-bond donors (Lipinski definition) is 1. The van der Waals surface area contributed by atoms with Gasteiger partial charge in [-0.25, -0.2) is 0 Å². The molecule has 2 aliphatic heterocycles. The summed E-state index contributed by atoms with van der Waals surface area (Å²) in [5, 5.41) is 3.60. The van der Waals surface area contributed by atoms with Crippen molar-refractivity contribution in [1.29, 1.82) is 0 Å². The Labute approximate surface area is 115 Å². The molecular formula is C16H23NO2. The predicted octanol–water partition coefficient (Wildman–Crippen LogP) is 2.94. The minimum Gasteiger partial charge on any atom is -0.378 e. The topological polar surface area (TPSA) is 30.5 Å². The van der Waals surface area contributed by atoms with Crippen LogP contribution in [0.5, 0.6) is 0 Å². The van der Waals surface area contributed by atoms with E-state index in [1.807, 2.05) is 0 Å². The molecule has 0 saturated carbocycles. The fourth-order valence-corrected chi connectivity index (χ4v) is 3.09. The molecule has 1 aromatic rings. The van der Waals surface area contributed by atoms with E-state index < -0.39 is 0 Å². The Balaban J connectivity index is 1.74. The molecule has 3 heteroatoms. The van der Waals surface area contributed by atoms with Gasteiger partial charge in [-0.2, -0.15) is 0 Å². The van der Waals surface area contributed by atoms with E-state index in [0.29, 0.717) is 12.1 Å². The molecule has 1 fully saturated rings. The second kappa shape index (κ2) is 6.04. The second-order valence-corrected chi connectivity index (χ2v) is 5.50. The zero-order chi connectivity index (χ0) is 13.1. The summed E-state index contributed by atoms with van der Waals surface area (Å²) < 4.78 is 11.3. The highest BCUT2D eigenvalue weighted by Gasteiger charge is 2.22. The van der Waals surface area contributed by atoms with E-state index >= 15 is 0 Å². The third kappa shape index (κ3) is 2.99. The van der Waals surface area contributed by atoms with E-state index in [9.17, 15) is 0 Å². The Morgan fingerprint density at radius 2 is 2.21 bits per heavy atom. The van der Waals surface area contributed by atoms with Crippen LogP contribution in [0.25, 0.3) is 0 Å². The van der Waals surface area contributed by atoms with E-state index in [4.69, 9.17) is 9.47 Å². The van der Waals surface area contributed by atoms with Gasteiger partial charge in [-0.15, -0.1) is 0 Å². The molecule has 0 aromatic heterocycles. The van der Waals surface area contributed by atoms with Gasteiger partial charge in [0.1, 0.15) is 0 Å². The SMILES string of the molecule is CCNC(CC1CCCO1)c1ccc2c(c1)COC2. The van der Waals surface area contributed by atoms with Crippen molar-refractivity contribution in [2.24, 2.45) is 0 Å². The van der Waals surface area contributed by atoms with Gasteiger partial charge in [0, 0.05) is 12.6 Å². The van der Waals surface area contributed by atoms with Gasteiger partial charge in [-0.3, -0.25) is 0 Å². The molecule has 104 valence electrons. The maximum atomic E-state index is 5.78. The molecule has 2 heterocycles. The molecule has 1 saturated heterocycles. The lowest BCUT2D eigenvalue weighted by atomic mass is 9.96. The first kappa shape index (κ1) is 13.1. The van der Waals surface area contributed by atoms with Gasteiger partial charge in [0.15, 0.2) is 0 Å². The molecular weight excluding hydrogens is 238 g/mol. The van der Waals surface area contributed by atoms with Crippen molar-refractivity contribution in [3.8, 4) is 0 Å². The predicted molar refractivity (Wildman–Crippen MR) is 74.9 cm³/mol. The summed E-state index contributed by atoms with van der Waals surface area (Å²) in [6, 6.07) is 7.18. The Hall–Kier alpha value is -0.900. The molecule has 0 amide bonds. The lowest BCUT2D eigenvalue weighted by molar-refractivity contribution is 0.0947. The summed E-state index contributed by atoms with van der Waals surface area (Å²) >= 11 is 0. The third-order valence-corrected chi connectivity index (χ3v) is 4.12. The number of nitrogens with one attached hydrogen (secondary N) is 1. The van der Waals surface area contributed by atoms with Crippen molar-refractivity contribution in [2.45, 2.75) is 51.5 Å². The zero-order valence-electron chi connectivity index (χ0n) is 11.7. The summed E-state index contributed by atoms with van der Waals surface area (Å²) in [6.07, 6.45) is 3.92. The number of ether oxygens (including phenoxy) is 2. The lowest BCUT2D eigenvalue weighted by Crippen LogP contribution is -2.25. The first-order chi connectivity index (χ1) is 9.36. The highest BCUT2D eigenvalue weighted by molar-refractivity contribution is 5.34. The molecule has 19 heavy (non-hydrogen) atoms. The number of fused-ring (bicyclic) bond motifs is 1. The highest BCUT2D eigenvalue weighted by atomic mass is 16.5. The van der Waals surface area contributed by atoms with Crippen molar-refractivity contribution >= 4 is 0 Å². The number of benzene rings is 1. The van der Waals surface area contributed by atoms with Crippen LogP contribution in [0.15, 0.2) is 18.2 Å². The largest absolute Gasteiger partial charge is 0.378 e. The molecule has 0 radical (unpaired) electrons. The summed E-state index contributed by atoms with van der Waals surface area (Å²) in [5.41, 5.74) is 4.07. The van der Waals surface area contributed by atoms with E-state index in [-0.39, 0.29) is 0 Å². The average molecular weight is 261 g/mol. The fraction of sp³-hybridized carbons (Fsp3) is 0.625. The maximum absolute atomic E-state index is 5.78. The first-order valence-corrected chi connectivity index (χ1v) is 7.41. The molecule has 3 rings (SSSR count). The van der Waals surface area contributed by atoms with Crippen LogP contribution in [0.2, 0.25) is 0 Å². The molecule has 0 bridgehead atoms. The monoisotopic (exact) mass is 261 g/mol. The van der Waals surface area contributed by atoms with E-state index in [0.717, 1.165) is 32.8 Å². The van der Waals surface area contributed by atoms with Crippen LogP contribution in [0.3, 0.4) is 0 Å². The third-order valence-electron chi connectivity index (χ3n) is 4.12. The van der Waals surface area contributed by atoms with Gasteiger partial charge in [-0.05, 0) is 42.5 Å². The normalized spacial score (nSPS) is 23.5. The smallest absolute Gasteiger partial charge is 0.0725 e. The molecule has 0 spiro atoms. The lowest BCUT2D eigenvalue weighted by Gasteiger charge is -2.22. The van der Waals surface area contributed by atoms with E-state index in [1.54, 1.807) is 0 Å². The minimum absolute atomic E-state index is 0.402. The van der Waals surface area contributed by atoms with Crippen LogP contribution < -0.4 is 5.32 Å². The quantitative estimate of drug-likeness (QED) is 0.884. The standard InChI is InChI=1S/C16H23NO2/c1-2-17-16(9-15-4-3-7-19-15)12-5-6-13-10-18-11-14(13)8-12/h5-6,8,15-17H,2-4,7,9-11H2,1H3. The first-order valence-electron chi connectivity index (χ1n) is 7.41. The van der Waals surface area contributed by atoms with E-state index in [2.05, 4.69) is 30.4 Å². The Kier molecular flexibility index (Phi) is 4.16. The number of hydrogen-bond acceptors (Lipinski definition) is 3. The highest BCUT2D eigenvalue weighted by Crippen LogP contribution is 2.28. The van der Waals surface area contributed by atoms with Gasteiger partial charge in [0.05, 0.1) is 19.3 Å². The Morgan fingerprint density at radius 3 is 3.00 bits per heavy atom. The molecule has 2 atom stereocenters. The summed E-state index contributed by atoms with van der Waals surface area (Å²) in [6.45, 7) is 5.63. The molecule has 2 aliphatic rings. The van der Waals surface area contributed by atoms with Crippen LogP contribution >= 0.6 is 0 Å². The zero-order valence-corrected chi connectivity index (χ0v) is 11.7. The van der Waals surface area contributed by atoms with Crippen LogP contribution in [-0.2, 0) is 22.7 Å². The second-order valence-electron chi connectivity index (χ2n) is 5.50. The molecule has 0 aliphatic carbocycles. The van der Waals surface area contributed by atoms with Crippen molar-refractivity contribution in [3.63, 3.8) is 0 Å². The minimum atomic E-state index is 0.402.